The normalized spacial score (nSPS) is 32.5. The third kappa shape index (κ3) is 4.08. The van der Waals surface area contributed by atoms with Crippen LogP contribution in [0.25, 0.3) is 0 Å². The maximum atomic E-state index is 13.9. The van der Waals surface area contributed by atoms with Gasteiger partial charge < -0.3 is 19.6 Å². The van der Waals surface area contributed by atoms with Crippen molar-refractivity contribution in [2.75, 3.05) is 32.9 Å². The summed E-state index contributed by atoms with van der Waals surface area (Å²) in [5, 5.41) is 3.16. The Balaban J connectivity index is 1.58. The fourth-order valence-corrected chi connectivity index (χ4v) is 6.14. The van der Waals surface area contributed by atoms with Crippen LogP contribution in [0.1, 0.15) is 70.6 Å². The highest BCUT2D eigenvalue weighted by atomic mass is 16.5. The molecule has 2 saturated carbocycles. The van der Waals surface area contributed by atoms with Crippen LogP contribution >= 0.6 is 0 Å². The molecule has 0 aromatic carbocycles. The summed E-state index contributed by atoms with van der Waals surface area (Å²) in [6, 6.07) is 0. The maximum absolute atomic E-state index is 13.9. The molecule has 4 fully saturated rings. The lowest BCUT2D eigenvalue weighted by molar-refractivity contribution is -0.145. The second-order valence-corrected chi connectivity index (χ2v) is 9.59. The minimum Gasteiger partial charge on any atom is -0.379 e. The summed E-state index contributed by atoms with van der Waals surface area (Å²) in [5.41, 5.74) is -1.81. The van der Waals surface area contributed by atoms with Crippen LogP contribution in [-0.2, 0) is 23.9 Å². The molecule has 2 aliphatic carbocycles. The van der Waals surface area contributed by atoms with Gasteiger partial charge in [-0.05, 0) is 38.0 Å². The first kappa shape index (κ1) is 21.9. The van der Waals surface area contributed by atoms with Crippen molar-refractivity contribution in [3.8, 4) is 0 Å². The number of aldehydes is 1. The number of rotatable bonds is 8. The van der Waals surface area contributed by atoms with Gasteiger partial charge in [0, 0.05) is 19.5 Å². The number of nitrogens with zero attached hydrogens (tertiary/aromatic N) is 1. The van der Waals surface area contributed by atoms with E-state index >= 15 is 0 Å². The number of carbonyl (C=O) groups is 3. The van der Waals surface area contributed by atoms with Gasteiger partial charge in [0.05, 0.1) is 19.3 Å². The van der Waals surface area contributed by atoms with E-state index in [1.54, 1.807) is 0 Å². The van der Waals surface area contributed by atoms with Gasteiger partial charge in [0.25, 0.3) is 0 Å². The van der Waals surface area contributed by atoms with Gasteiger partial charge in [-0.1, -0.05) is 32.1 Å². The second-order valence-electron chi connectivity index (χ2n) is 9.59. The molecule has 30 heavy (non-hydrogen) atoms. The fraction of sp³-hybridized carbons (Fsp3) is 0.870. The van der Waals surface area contributed by atoms with E-state index in [0.717, 1.165) is 25.5 Å². The Kier molecular flexibility index (Phi) is 6.90. The van der Waals surface area contributed by atoms with Crippen LogP contribution < -0.4 is 5.32 Å². The van der Waals surface area contributed by atoms with E-state index in [-0.39, 0.29) is 30.8 Å². The summed E-state index contributed by atoms with van der Waals surface area (Å²) in [7, 11) is 0. The van der Waals surface area contributed by atoms with Crippen LogP contribution in [0.4, 0.5) is 0 Å². The van der Waals surface area contributed by atoms with Gasteiger partial charge in [-0.2, -0.15) is 0 Å². The molecule has 2 aliphatic heterocycles. The highest BCUT2D eigenvalue weighted by Crippen LogP contribution is 2.40. The van der Waals surface area contributed by atoms with E-state index in [1.165, 1.54) is 32.1 Å². The highest BCUT2D eigenvalue weighted by molar-refractivity contribution is 5.99. The Bertz CT molecular complexity index is 644. The van der Waals surface area contributed by atoms with Crippen molar-refractivity contribution < 1.29 is 23.9 Å². The second kappa shape index (κ2) is 9.45. The van der Waals surface area contributed by atoms with Crippen LogP contribution in [0.3, 0.4) is 0 Å². The number of carbonyl (C=O) groups excluding carboxylic acids is 3. The predicted molar refractivity (Wildman–Crippen MR) is 111 cm³/mol. The Morgan fingerprint density at radius 3 is 2.67 bits per heavy atom. The zero-order valence-corrected chi connectivity index (χ0v) is 18.0. The molecule has 1 amide bonds. The van der Waals surface area contributed by atoms with E-state index in [2.05, 4.69) is 10.2 Å². The van der Waals surface area contributed by atoms with Gasteiger partial charge in [-0.3, -0.25) is 14.5 Å². The first-order chi connectivity index (χ1) is 14.6. The van der Waals surface area contributed by atoms with Crippen molar-refractivity contribution in [2.45, 2.75) is 87.8 Å². The number of Topliss-reactive ketones (excluding diaryl/α,β-unsaturated/α-hetero) is 1. The molecular weight excluding hydrogens is 384 g/mol. The van der Waals surface area contributed by atoms with Gasteiger partial charge in [0.15, 0.2) is 5.78 Å². The number of nitrogens with one attached hydrogen (secondary N) is 1. The molecule has 2 saturated heterocycles. The minimum atomic E-state index is -0.909. The third-order valence-electron chi connectivity index (χ3n) is 7.99. The van der Waals surface area contributed by atoms with Gasteiger partial charge in [0.2, 0.25) is 5.91 Å². The lowest BCUT2D eigenvalue weighted by atomic mass is 9.78. The van der Waals surface area contributed by atoms with Crippen LogP contribution in [-0.4, -0.2) is 73.0 Å². The summed E-state index contributed by atoms with van der Waals surface area (Å²) in [4.78, 5) is 40.6. The molecule has 0 aromatic heterocycles. The Morgan fingerprint density at radius 1 is 1.17 bits per heavy atom. The van der Waals surface area contributed by atoms with Crippen molar-refractivity contribution in [1.82, 2.24) is 10.2 Å². The van der Waals surface area contributed by atoms with Crippen molar-refractivity contribution in [2.24, 2.45) is 5.92 Å². The smallest absolute Gasteiger partial charge is 0.241 e. The van der Waals surface area contributed by atoms with Gasteiger partial charge in [-0.25, -0.2) is 0 Å². The van der Waals surface area contributed by atoms with Crippen LogP contribution in [0.15, 0.2) is 0 Å². The molecule has 4 aliphatic rings. The first-order valence-corrected chi connectivity index (χ1v) is 11.8. The summed E-state index contributed by atoms with van der Waals surface area (Å²) in [5.74, 6) is 0.429. The molecule has 2 heterocycles. The third-order valence-corrected chi connectivity index (χ3v) is 7.99. The molecule has 3 unspecified atom stereocenters. The molecule has 0 spiro atoms. The average Bonchev–Trinajstić information content (AvgIpc) is 3.32. The summed E-state index contributed by atoms with van der Waals surface area (Å²) in [6.07, 6.45) is 10.9. The number of hydrogen-bond donors (Lipinski definition) is 1. The number of morpholine rings is 1. The summed E-state index contributed by atoms with van der Waals surface area (Å²) in [6.45, 7) is 2.46. The van der Waals surface area contributed by atoms with E-state index < -0.39 is 11.1 Å². The fourth-order valence-electron chi connectivity index (χ4n) is 6.14. The number of hydrogen-bond acceptors (Lipinski definition) is 6. The number of amides is 1. The van der Waals surface area contributed by atoms with Crippen molar-refractivity contribution in [3.05, 3.63) is 0 Å². The Labute approximate surface area is 179 Å². The standard InChI is InChI=1S/C23H36N2O5/c26-14-11-22(25-12-15-29-16-13-25,10-8-18-5-2-1-3-6-18)21(28)24-23-9-4-7-20(23)30-17-19(23)27/h14,18,20H,1-13,15-17H2,(H,24,28). The summed E-state index contributed by atoms with van der Waals surface area (Å²) >= 11 is 0. The predicted octanol–water partition coefficient (Wildman–Crippen LogP) is 2.01. The van der Waals surface area contributed by atoms with E-state index in [9.17, 15) is 14.4 Å². The quantitative estimate of drug-likeness (QED) is 0.605. The molecule has 7 heteroatoms. The maximum Gasteiger partial charge on any atom is 0.241 e. The van der Waals surface area contributed by atoms with Crippen LogP contribution in [0.2, 0.25) is 0 Å². The molecule has 3 atom stereocenters. The molecule has 4 rings (SSSR count). The molecule has 0 radical (unpaired) electrons. The number of ether oxygens (including phenoxy) is 2. The Morgan fingerprint density at radius 2 is 1.93 bits per heavy atom. The number of fused-ring (bicyclic) bond motifs is 1. The molecule has 1 N–H and O–H groups in total. The van der Waals surface area contributed by atoms with Crippen molar-refractivity contribution in [3.63, 3.8) is 0 Å². The van der Waals surface area contributed by atoms with Gasteiger partial charge >= 0.3 is 0 Å². The lowest BCUT2D eigenvalue weighted by Gasteiger charge is -2.46. The molecule has 0 bridgehead atoms. The minimum absolute atomic E-state index is 0.0207. The SMILES string of the molecule is O=CCC(CCC1CCCCC1)(C(=O)NC12CCCC1OCC2=O)N1CCOCC1. The Hall–Kier alpha value is -1.31. The highest BCUT2D eigenvalue weighted by Gasteiger charge is 2.57. The lowest BCUT2D eigenvalue weighted by Crippen LogP contribution is -2.67. The monoisotopic (exact) mass is 420 g/mol. The summed E-state index contributed by atoms with van der Waals surface area (Å²) < 4.78 is 11.2. The largest absolute Gasteiger partial charge is 0.379 e. The van der Waals surface area contributed by atoms with E-state index in [1.807, 2.05) is 0 Å². The topological polar surface area (TPSA) is 84.9 Å². The molecule has 0 aromatic rings. The van der Waals surface area contributed by atoms with Crippen molar-refractivity contribution >= 4 is 18.0 Å². The van der Waals surface area contributed by atoms with Crippen molar-refractivity contribution in [1.29, 1.82) is 0 Å². The van der Waals surface area contributed by atoms with E-state index in [4.69, 9.17) is 9.47 Å². The van der Waals surface area contributed by atoms with Gasteiger partial charge in [-0.15, -0.1) is 0 Å². The first-order valence-electron chi connectivity index (χ1n) is 11.8. The zero-order valence-electron chi connectivity index (χ0n) is 18.0. The van der Waals surface area contributed by atoms with E-state index in [0.29, 0.717) is 45.1 Å². The average molecular weight is 421 g/mol. The van der Waals surface area contributed by atoms with Crippen LogP contribution in [0, 0.1) is 5.92 Å². The molecule has 168 valence electrons. The number of ketones is 1. The molecule has 7 nitrogen and oxygen atoms in total. The van der Waals surface area contributed by atoms with Gasteiger partial charge in [0.1, 0.15) is 24.0 Å². The molecular formula is C23H36N2O5. The van der Waals surface area contributed by atoms with Crippen LogP contribution in [0.5, 0.6) is 0 Å². The zero-order chi connectivity index (χ0) is 21.0.